The maximum absolute atomic E-state index is 12.5. The van der Waals surface area contributed by atoms with E-state index >= 15 is 0 Å². The van der Waals surface area contributed by atoms with E-state index in [1.807, 2.05) is 0 Å². The van der Waals surface area contributed by atoms with E-state index in [2.05, 4.69) is 5.32 Å². The Morgan fingerprint density at radius 1 is 1.03 bits per heavy atom. The van der Waals surface area contributed by atoms with Crippen LogP contribution in [0.5, 0.6) is 11.5 Å². The molecule has 1 aliphatic heterocycles. The summed E-state index contributed by atoms with van der Waals surface area (Å²) >= 11 is 0. The van der Waals surface area contributed by atoms with Gasteiger partial charge in [0.05, 0.1) is 18.5 Å². The Morgan fingerprint density at radius 3 is 2.38 bits per heavy atom. The van der Waals surface area contributed by atoms with Gasteiger partial charge in [-0.25, -0.2) is 4.79 Å². The average molecular weight is 398 g/mol. The predicted molar refractivity (Wildman–Crippen MR) is 105 cm³/mol. The van der Waals surface area contributed by atoms with Gasteiger partial charge in [0.25, 0.3) is 0 Å². The molecule has 0 bridgehead atoms. The highest BCUT2D eigenvalue weighted by molar-refractivity contribution is 5.95. The van der Waals surface area contributed by atoms with Crippen molar-refractivity contribution in [1.29, 1.82) is 0 Å². The number of carbonyl (C=O) groups is 3. The number of ether oxygens (including phenoxy) is 2. The molecule has 0 aromatic heterocycles. The lowest BCUT2D eigenvalue weighted by Gasteiger charge is -2.21. The normalized spacial score (nSPS) is 12.2. The molecular formula is C21H22N2O6. The molecular weight excluding hydrogens is 376 g/mol. The first kappa shape index (κ1) is 20.2. The highest BCUT2D eigenvalue weighted by Crippen LogP contribution is 2.32. The molecule has 152 valence electrons. The topological polar surface area (TPSA) is 105 Å². The second-order valence-electron chi connectivity index (χ2n) is 6.49. The van der Waals surface area contributed by atoms with E-state index < -0.39 is 5.97 Å². The third-order valence-electron chi connectivity index (χ3n) is 4.45. The number of nitrogens with zero attached hydrogens (tertiary/aromatic N) is 1. The van der Waals surface area contributed by atoms with Crippen molar-refractivity contribution in [2.45, 2.75) is 13.3 Å². The lowest BCUT2D eigenvalue weighted by Crippen LogP contribution is -2.38. The van der Waals surface area contributed by atoms with Crippen molar-refractivity contribution in [3.05, 3.63) is 53.6 Å². The van der Waals surface area contributed by atoms with E-state index in [1.54, 1.807) is 37.3 Å². The fraction of sp³-hybridized carbons (Fsp3) is 0.286. The minimum absolute atomic E-state index is 0.0863. The summed E-state index contributed by atoms with van der Waals surface area (Å²) in [6, 6.07) is 11.2. The van der Waals surface area contributed by atoms with Crippen molar-refractivity contribution in [2.75, 3.05) is 31.6 Å². The Bertz CT molecular complexity index is 910. The smallest absolute Gasteiger partial charge is 0.335 e. The maximum atomic E-state index is 12.5. The van der Waals surface area contributed by atoms with Crippen LogP contribution in [0.4, 0.5) is 5.69 Å². The highest BCUT2D eigenvalue weighted by Gasteiger charge is 2.18. The van der Waals surface area contributed by atoms with Gasteiger partial charge in [-0.3, -0.25) is 9.59 Å². The third kappa shape index (κ3) is 5.25. The van der Waals surface area contributed by atoms with Crippen LogP contribution < -0.4 is 14.8 Å². The van der Waals surface area contributed by atoms with Crippen LogP contribution in [0.25, 0.3) is 0 Å². The van der Waals surface area contributed by atoms with Crippen LogP contribution in [0.3, 0.4) is 0 Å². The molecule has 2 N–H and O–H groups in total. The molecule has 29 heavy (non-hydrogen) atoms. The molecule has 0 saturated carbocycles. The van der Waals surface area contributed by atoms with Crippen LogP contribution in [0.1, 0.15) is 22.8 Å². The molecule has 8 nitrogen and oxygen atoms in total. The molecule has 0 atom stereocenters. The van der Waals surface area contributed by atoms with Crippen molar-refractivity contribution < 1.29 is 29.0 Å². The number of rotatable bonds is 7. The van der Waals surface area contributed by atoms with Crippen molar-refractivity contribution in [3.63, 3.8) is 0 Å². The summed E-state index contributed by atoms with van der Waals surface area (Å²) in [7, 11) is 0. The molecule has 1 aliphatic rings. The van der Waals surface area contributed by atoms with Gasteiger partial charge in [0.1, 0.15) is 13.2 Å². The first-order valence-electron chi connectivity index (χ1n) is 9.25. The lowest BCUT2D eigenvalue weighted by atomic mass is 10.1. The summed E-state index contributed by atoms with van der Waals surface area (Å²) in [6.45, 7) is 3.03. The number of carboxylic acids is 1. The number of nitrogens with one attached hydrogen (secondary N) is 1. The summed E-state index contributed by atoms with van der Waals surface area (Å²) in [5.74, 6) is -0.351. The maximum Gasteiger partial charge on any atom is 0.335 e. The number of hydrogen-bond donors (Lipinski definition) is 2. The largest absolute Gasteiger partial charge is 0.486 e. The molecule has 0 saturated heterocycles. The van der Waals surface area contributed by atoms with Gasteiger partial charge in [-0.1, -0.05) is 12.1 Å². The minimum Gasteiger partial charge on any atom is -0.486 e. The standard InChI is InChI=1S/C21H22N2O6/c1-2-23(20(25)11-14-3-5-15(6-4-14)21(26)27)13-19(24)22-16-7-8-17-18(12-16)29-10-9-28-17/h3-8,12H,2,9-11,13H2,1H3,(H,22,24)(H,26,27). The van der Waals surface area contributed by atoms with Crippen LogP contribution in [-0.4, -0.2) is 54.1 Å². The molecule has 2 amide bonds. The van der Waals surface area contributed by atoms with Gasteiger partial charge in [-0.05, 0) is 36.8 Å². The molecule has 0 unspecified atom stereocenters. The van der Waals surface area contributed by atoms with Gasteiger partial charge in [0, 0.05) is 18.3 Å². The highest BCUT2D eigenvalue weighted by atomic mass is 16.6. The molecule has 0 spiro atoms. The SMILES string of the molecule is CCN(CC(=O)Nc1ccc2c(c1)OCCO2)C(=O)Cc1ccc(C(=O)O)cc1. The van der Waals surface area contributed by atoms with E-state index in [0.717, 1.165) is 0 Å². The van der Waals surface area contributed by atoms with Crippen LogP contribution >= 0.6 is 0 Å². The summed E-state index contributed by atoms with van der Waals surface area (Å²) in [5.41, 5.74) is 1.41. The van der Waals surface area contributed by atoms with Crippen LogP contribution in [0, 0.1) is 0 Å². The second-order valence-corrected chi connectivity index (χ2v) is 6.49. The van der Waals surface area contributed by atoms with E-state index in [0.29, 0.717) is 42.5 Å². The number of amides is 2. The van der Waals surface area contributed by atoms with E-state index in [9.17, 15) is 14.4 Å². The molecule has 2 aromatic carbocycles. The Kier molecular flexibility index (Phi) is 6.33. The summed E-state index contributed by atoms with van der Waals surface area (Å²) in [5, 5.41) is 11.7. The molecule has 2 aromatic rings. The van der Waals surface area contributed by atoms with E-state index in [1.165, 1.54) is 17.0 Å². The van der Waals surface area contributed by atoms with E-state index in [-0.39, 0.29) is 30.3 Å². The molecule has 3 rings (SSSR count). The fourth-order valence-corrected chi connectivity index (χ4v) is 2.92. The Morgan fingerprint density at radius 2 is 1.72 bits per heavy atom. The molecule has 0 radical (unpaired) electrons. The van der Waals surface area contributed by atoms with Gasteiger partial charge in [-0.2, -0.15) is 0 Å². The van der Waals surface area contributed by atoms with Crippen molar-refractivity contribution >= 4 is 23.5 Å². The van der Waals surface area contributed by atoms with Crippen LogP contribution in [0.2, 0.25) is 0 Å². The number of anilines is 1. The van der Waals surface area contributed by atoms with Crippen molar-refractivity contribution in [3.8, 4) is 11.5 Å². The van der Waals surface area contributed by atoms with Gasteiger partial charge < -0.3 is 24.8 Å². The minimum atomic E-state index is -1.02. The van der Waals surface area contributed by atoms with Gasteiger partial charge in [0.2, 0.25) is 11.8 Å². The molecule has 0 fully saturated rings. The first-order valence-corrected chi connectivity index (χ1v) is 9.25. The zero-order chi connectivity index (χ0) is 20.8. The van der Waals surface area contributed by atoms with Gasteiger partial charge in [-0.15, -0.1) is 0 Å². The summed E-state index contributed by atoms with van der Waals surface area (Å²) < 4.78 is 10.9. The predicted octanol–water partition coefficient (Wildman–Crippen LogP) is 2.19. The van der Waals surface area contributed by atoms with Crippen molar-refractivity contribution in [1.82, 2.24) is 4.90 Å². The third-order valence-corrected chi connectivity index (χ3v) is 4.45. The number of carbonyl (C=O) groups excluding carboxylic acids is 2. The van der Waals surface area contributed by atoms with E-state index in [4.69, 9.17) is 14.6 Å². The second kappa shape index (κ2) is 9.09. The van der Waals surface area contributed by atoms with Crippen LogP contribution in [-0.2, 0) is 16.0 Å². The number of fused-ring (bicyclic) bond motifs is 1. The number of likely N-dealkylation sites (N-methyl/N-ethyl adjacent to an activating group) is 1. The number of benzene rings is 2. The monoisotopic (exact) mass is 398 g/mol. The zero-order valence-corrected chi connectivity index (χ0v) is 16.0. The molecule has 1 heterocycles. The molecule has 0 aliphatic carbocycles. The quantitative estimate of drug-likeness (QED) is 0.741. The van der Waals surface area contributed by atoms with Crippen LogP contribution in [0.15, 0.2) is 42.5 Å². The molecule has 8 heteroatoms. The number of aromatic carboxylic acids is 1. The van der Waals surface area contributed by atoms with Gasteiger partial charge in [0.15, 0.2) is 11.5 Å². The summed E-state index contributed by atoms with van der Waals surface area (Å²) in [4.78, 5) is 37.3. The zero-order valence-electron chi connectivity index (χ0n) is 16.0. The van der Waals surface area contributed by atoms with Gasteiger partial charge >= 0.3 is 5.97 Å². The number of hydrogen-bond acceptors (Lipinski definition) is 5. The Labute approximate surface area is 168 Å². The van der Waals surface area contributed by atoms with Crippen molar-refractivity contribution in [2.24, 2.45) is 0 Å². The lowest BCUT2D eigenvalue weighted by molar-refractivity contribution is -0.133. The average Bonchev–Trinajstić information content (AvgIpc) is 2.72. The summed E-state index contributed by atoms with van der Waals surface area (Å²) in [6.07, 6.45) is 0.0883. The first-order chi connectivity index (χ1) is 14.0. The Balaban J connectivity index is 1.57. The number of carboxylic acid groups (broad SMARTS) is 1. The fourth-order valence-electron chi connectivity index (χ4n) is 2.92. The Hall–Kier alpha value is -3.55.